The highest BCUT2D eigenvalue weighted by Crippen LogP contribution is 2.24. The van der Waals surface area contributed by atoms with Crippen molar-refractivity contribution in [3.8, 4) is 17.1 Å². The average molecular weight is 427 g/mol. The number of amides is 1. The molecule has 4 rings (SSSR count). The number of rotatable bonds is 5. The standard InChI is InChI=1S/C24H21N5O3/c1-15-7-10-18(11-8-15)23-26-22(27-28(23)20-12-9-16(2)17(3)13-20)24(30)25-19-5-4-6-21(14-19)29(31)32/h4-14H,1-3H3,(H,25,30). The van der Waals surface area contributed by atoms with Crippen molar-refractivity contribution in [3.05, 3.63) is 99.4 Å². The second-order valence-corrected chi connectivity index (χ2v) is 7.57. The highest BCUT2D eigenvalue weighted by Gasteiger charge is 2.20. The topological polar surface area (TPSA) is 103 Å². The van der Waals surface area contributed by atoms with E-state index in [1.165, 1.54) is 18.2 Å². The SMILES string of the molecule is Cc1ccc(-c2nc(C(=O)Nc3cccc([N+](=O)[O-])c3)nn2-c2ccc(C)c(C)c2)cc1. The number of aryl methyl sites for hydroxylation is 3. The lowest BCUT2D eigenvalue weighted by Gasteiger charge is -2.08. The summed E-state index contributed by atoms with van der Waals surface area (Å²) in [5, 5.41) is 18.1. The van der Waals surface area contributed by atoms with Crippen LogP contribution in [0.1, 0.15) is 27.3 Å². The molecule has 0 atom stereocenters. The zero-order valence-electron chi connectivity index (χ0n) is 17.9. The van der Waals surface area contributed by atoms with Gasteiger partial charge in [-0.25, -0.2) is 9.67 Å². The zero-order valence-corrected chi connectivity index (χ0v) is 17.9. The van der Waals surface area contributed by atoms with E-state index in [4.69, 9.17) is 0 Å². The third-order valence-corrected chi connectivity index (χ3v) is 5.17. The van der Waals surface area contributed by atoms with Gasteiger partial charge in [-0.05, 0) is 50.1 Å². The van der Waals surface area contributed by atoms with Crippen molar-refractivity contribution >= 4 is 17.3 Å². The molecule has 1 N–H and O–H groups in total. The van der Waals surface area contributed by atoms with Crippen LogP contribution >= 0.6 is 0 Å². The van der Waals surface area contributed by atoms with Crippen LogP contribution in [0.3, 0.4) is 0 Å². The fourth-order valence-corrected chi connectivity index (χ4v) is 3.22. The van der Waals surface area contributed by atoms with E-state index in [1.54, 1.807) is 10.7 Å². The van der Waals surface area contributed by atoms with Gasteiger partial charge in [-0.2, -0.15) is 0 Å². The van der Waals surface area contributed by atoms with Crippen LogP contribution in [0.15, 0.2) is 66.7 Å². The summed E-state index contributed by atoms with van der Waals surface area (Å²) in [6, 6.07) is 19.4. The van der Waals surface area contributed by atoms with Gasteiger partial charge >= 0.3 is 0 Å². The second-order valence-electron chi connectivity index (χ2n) is 7.57. The summed E-state index contributed by atoms with van der Waals surface area (Å²) in [7, 11) is 0. The van der Waals surface area contributed by atoms with Gasteiger partial charge < -0.3 is 5.32 Å². The van der Waals surface area contributed by atoms with Gasteiger partial charge in [0.05, 0.1) is 10.6 Å². The molecule has 3 aromatic carbocycles. The van der Waals surface area contributed by atoms with Crippen molar-refractivity contribution in [1.29, 1.82) is 0 Å². The first kappa shape index (κ1) is 20.9. The van der Waals surface area contributed by atoms with E-state index in [0.717, 1.165) is 27.9 Å². The molecule has 32 heavy (non-hydrogen) atoms. The number of nitrogens with zero attached hydrogens (tertiary/aromatic N) is 4. The summed E-state index contributed by atoms with van der Waals surface area (Å²) < 4.78 is 1.64. The predicted molar refractivity (Wildman–Crippen MR) is 122 cm³/mol. The van der Waals surface area contributed by atoms with Crippen LogP contribution < -0.4 is 5.32 Å². The quantitative estimate of drug-likeness (QED) is 0.356. The number of carbonyl (C=O) groups is 1. The minimum Gasteiger partial charge on any atom is -0.319 e. The number of nitrogens with one attached hydrogen (secondary N) is 1. The Morgan fingerprint density at radius 2 is 1.72 bits per heavy atom. The summed E-state index contributed by atoms with van der Waals surface area (Å²) in [6.45, 7) is 6.03. The number of non-ortho nitro benzene ring substituents is 1. The van der Waals surface area contributed by atoms with Gasteiger partial charge in [-0.1, -0.05) is 42.0 Å². The molecule has 0 aliphatic carbocycles. The van der Waals surface area contributed by atoms with Crippen LogP contribution in [-0.4, -0.2) is 25.6 Å². The molecule has 1 heterocycles. The first-order valence-electron chi connectivity index (χ1n) is 9.99. The van der Waals surface area contributed by atoms with Crippen molar-refractivity contribution in [2.75, 3.05) is 5.32 Å². The fraction of sp³-hybridized carbons (Fsp3) is 0.125. The number of hydrogen-bond donors (Lipinski definition) is 1. The van der Waals surface area contributed by atoms with Crippen molar-refractivity contribution in [3.63, 3.8) is 0 Å². The summed E-state index contributed by atoms with van der Waals surface area (Å²) in [5.74, 6) is -0.0656. The molecule has 4 aromatic rings. The number of aromatic nitrogens is 3. The molecule has 0 bridgehead atoms. The van der Waals surface area contributed by atoms with E-state index >= 15 is 0 Å². The molecule has 160 valence electrons. The Labute approximate surface area is 184 Å². The van der Waals surface area contributed by atoms with Gasteiger partial charge in [0.1, 0.15) is 0 Å². The molecule has 8 heteroatoms. The first-order chi connectivity index (χ1) is 15.3. The second kappa shape index (κ2) is 8.43. The molecule has 0 aliphatic rings. The van der Waals surface area contributed by atoms with Gasteiger partial charge in [-0.3, -0.25) is 14.9 Å². The molecule has 0 spiro atoms. The molecule has 8 nitrogen and oxygen atoms in total. The first-order valence-corrected chi connectivity index (χ1v) is 9.99. The third kappa shape index (κ3) is 4.24. The molecule has 1 aromatic heterocycles. The maximum absolute atomic E-state index is 12.9. The number of hydrogen-bond acceptors (Lipinski definition) is 5. The van der Waals surface area contributed by atoms with Crippen LogP contribution in [0.2, 0.25) is 0 Å². The lowest BCUT2D eigenvalue weighted by Crippen LogP contribution is -2.14. The Balaban J connectivity index is 1.75. The van der Waals surface area contributed by atoms with E-state index in [2.05, 4.69) is 15.4 Å². The van der Waals surface area contributed by atoms with E-state index < -0.39 is 10.8 Å². The predicted octanol–water partition coefficient (Wildman–Crippen LogP) is 5.02. The number of nitro benzene ring substituents is 1. The van der Waals surface area contributed by atoms with Crippen LogP contribution in [0, 0.1) is 30.9 Å². The molecule has 0 unspecified atom stereocenters. The molecular formula is C24H21N5O3. The van der Waals surface area contributed by atoms with Gasteiger partial charge in [0, 0.05) is 23.4 Å². The monoisotopic (exact) mass is 427 g/mol. The maximum atomic E-state index is 12.9. The molecule has 0 fully saturated rings. The van der Waals surface area contributed by atoms with Gasteiger partial charge in [-0.15, -0.1) is 5.10 Å². The van der Waals surface area contributed by atoms with Gasteiger partial charge in [0.2, 0.25) is 5.82 Å². The maximum Gasteiger partial charge on any atom is 0.295 e. The number of benzene rings is 3. The third-order valence-electron chi connectivity index (χ3n) is 5.17. The fourth-order valence-electron chi connectivity index (χ4n) is 3.22. The van der Waals surface area contributed by atoms with E-state index in [9.17, 15) is 14.9 Å². The summed E-state index contributed by atoms with van der Waals surface area (Å²) in [5.41, 5.74) is 5.13. The highest BCUT2D eigenvalue weighted by molar-refractivity contribution is 6.02. The van der Waals surface area contributed by atoms with Crippen LogP contribution in [0.4, 0.5) is 11.4 Å². The van der Waals surface area contributed by atoms with Crippen molar-refractivity contribution in [2.24, 2.45) is 0 Å². The summed E-state index contributed by atoms with van der Waals surface area (Å²) in [4.78, 5) is 27.9. The Bertz CT molecular complexity index is 1330. The molecule has 1 amide bonds. The van der Waals surface area contributed by atoms with E-state index in [0.29, 0.717) is 11.5 Å². The van der Waals surface area contributed by atoms with Crippen LogP contribution in [-0.2, 0) is 0 Å². The lowest BCUT2D eigenvalue weighted by molar-refractivity contribution is -0.384. The highest BCUT2D eigenvalue weighted by atomic mass is 16.6. The van der Waals surface area contributed by atoms with E-state index in [-0.39, 0.29) is 11.5 Å². The molecule has 0 radical (unpaired) electrons. The Morgan fingerprint density at radius 1 is 0.969 bits per heavy atom. The van der Waals surface area contributed by atoms with Gasteiger partial charge in [0.15, 0.2) is 5.82 Å². The smallest absolute Gasteiger partial charge is 0.295 e. The summed E-state index contributed by atoms with van der Waals surface area (Å²) >= 11 is 0. The van der Waals surface area contributed by atoms with Crippen LogP contribution in [0.25, 0.3) is 17.1 Å². The largest absolute Gasteiger partial charge is 0.319 e. The Morgan fingerprint density at radius 3 is 2.41 bits per heavy atom. The van der Waals surface area contributed by atoms with E-state index in [1.807, 2.05) is 63.2 Å². The average Bonchev–Trinajstić information content (AvgIpc) is 3.22. The molecule has 0 aliphatic heterocycles. The number of nitro groups is 1. The Hall–Kier alpha value is -4.33. The van der Waals surface area contributed by atoms with Crippen LogP contribution in [0.5, 0.6) is 0 Å². The zero-order chi connectivity index (χ0) is 22.8. The molecular weight excluding hydrogens is 406 g/mol. The molecule has 0 saturated heterocycles. The number of carbonyl (C=O) groups excluding carboxylic acids is 1. The van der Waals surface area contributed by atoms with Crippen molar-refractivity contribution in [2.45, 2.75) is 20.8 Å². The minimum atomic E-state index is -0.554. The van der Waals surface area contributed by atoms with Crippen molar-refractivity contribution < 1.29 is 9.72 Å². The Kier molecular flexibility index (Phi) is 5.51. The summed E-state index contributed by atoms with van der Waals surface area (Å²) in [6.07, 6.45) is 0. The molecule has 0 saturated carbocycles. The van der Waals surface area contributed by atoms with Gasteiger partial charge in [0.25, 0.3) is 11.6 Å². The van der Waals surface area contributed by atoms with Crippen molar-refractivity contribution in [1.82, 2.24) is 14.8 Å². The number of anilines is 1. The normalized spacial score (nSPS) is 10.7. The minimum absolute atomic E-state index is 0.0368. The lowest BCUT2D eigenvalue weighted by atomic mass is 10.1.